The van der Waals surface area contributed by atoms with E-state index in [1.165, 1.54) is 24.3 Å². The molecule has 1 heterocycles. The van der Waals surface area contributed by atoms with Crippen molar-refractivity contribution in [3.8, 4) is 11.1 Å². The van der Waals surface area contributed by atoms with Gasteiger partial charge in [-0.1, -0.05) is 26.0 Å². The van der Waals surface area contributed by atoms with Crippen LogP contribution in [0.15, 0.2) is 49.3 Å². The van der Waals surface area contributed by atoms with Crippen molar-refractivity contribution in [3.05, 3.63) is 46.5 Å². The molecule has 4 nitrogen and oxygen atoms in total. The summed E-state index contributed by atoms with van der Waals surface area (Å²) in [5, 5.41) is -0.0614. The molecule has 0 unspecified atom stereocenters. The maximum Gasteiger partial charge on any atom is 0.449 e. The number of sulfone groups is 1. The van der Waals surface area contributed by atoms with E-state index in [0.717, 1.165) is 24.1 Å². The first-order valence-corrected chi connectivity index (χ1v) is 9.89. The highest BCUT2D eigenvalue weighted by Crippen LogP contribution is 2.36. The van der Waals surface area contributed by atoms with Crippen molar-refractivity contribution in [2.45, 2.75) is 35.1 Å². The molecule has 0 aliphatic carbocycles. The van der Waals surface area contributed by atoms with E-state index in [-0.39, 0.29) is 20.6 Å². The molecule has 2 aromatic rings. The largest absolute Gasteiger partial charge is 0.449 e. The second-order valence-electron chi connectivity index (χ2n) is 5.60. The molecule has 0 aliphatic heterocycles. The number of rotatable bonds is 4. The molecule has 0 aliphatic rings. The molecule has 0 bridgehead atoms. The van der Waals surface area contributed by atoms with Crippen molar-refractivity contribution in [1.29, 1.82) is 0 Å². The summed E-state index contributed by atoms with van der Waals surface area (Å²) in [5.41, 5.74) is -0.716. The summed E-state index contributed by atoms with van der Waals surface area (Å²) in [6.07, 6.45) is -3.78. The molecule has 9 heteroatoms. The van der Waals surface area contributed by atoms with Crippen molar-refractivity contribution in [3.63, 3.8) is 0 Å². The number of benzene rings is 1. The summed E-state index contributed by atoms with van der Waals surface area (Å²) in [7, 11) is -3.44. The molecule has 0 atom stereocenters. The van der Waals surface area contributed by atoms with E-state index < -0.39 is 27.4 Å². The van der Waals surface area contributed by atoms with Crippen molar-refractivity contribution >= 4 is 21.6 Å². The lowest BCUT2D eigenvalue weighted by Gasteiger charge is -2.13. The Morgan fingerprint density at radius 1 is 1.12 bits per heavy atom. The normalized spacial score (nSPS) is 12.6. The molecule has 0 spiro atoms. The summed E-state index contributed by atoms with van der Waals surface area (Å²) in [4.78, 5) is 12.1. The van der Waals surface area contributed by atoms with Crippen LogP contribution in [0.4, 0.5) is 13.2 Å². The van der Waals surface area contributed by atoms with E-state index >= 15 is 0 Å². The van der Waals surface area contributed by atoms with Crippen LogP contribution < -0.4 is 5.63 Å². The first-order valence-electron chi connectivity index (χ1n) is 7.12. The van der Waals surface area contributed by atoms with Crippen molar-refractivity contribution in [2.24, 2.45) is 0 Å². The molecular weight excluding hydrogens is 377 g/mol. The van der Waals surface area contributed by atoms with E-state index in [9.17, 15) is 26.4 Å². The lowest BCUT2D eigenvalue weighted by Crippen LogP contribution is -2.14. The Kier molecular flexibility index (Phi) is 5.38. The zero-order valence-electron chi connectivity index (χ0n) is 13.5. The lowest BCUT2D eigenvalue weighted by molar-refractivity contribution is -0.154. The van der Waals surface area contributed by atoms with Gasteiger partial charge in [0.05, 0.1) is 4.90 Å². The molecular formula is C16H15F3O4S2. The number of alkyl halides is 3. The Balaban J connectivity index is 2.68. The predicted octanol–water partition coefficient (Wildman–Crippen LogP) is 4.23. The van der Waals surface area contributed by atoms with Crippen LogP contribution in [0.5, 0.6) is 0 Å². The molecule has 0 radical (unpaired) electrons. The molecule has 0 saturated heterocycles. The van der Waals surface area contributed by atoms with E-state index in [2.05, 4.69) is 4.42 Å². The van der Waals surface area contributed by atoms with Crippen molar-refractivity contribution in [2.75, 3.05) is 6.26 Å². The van der Waals surface area contributed by atoms with Gasteiger partial charge in [0.2, 0.25) is 5.76 Å². The van der Waals surface area contributed by atoms with Gasteiger partial charge in [0, 0.05) is 17.1 Å². The highest BCUT2D eigenvalue weighted by Gasteiger charge is 2.36. The van der Waals surface area contributed by atoms with Gasteiger partial charge in [-0.2, -0.15) is 13.2 Å². The van der Waals surface area contributed by atoms with Crippen LogP contribution in [0.25, 0.3) is 11.1 Å². The zero-order chi connectivity index (χ0) is 19.0. The first-order chi connectivity index (χ1) is 11.4. The van der Waals surface area contributed by atoms with Gasteiger partial charge in [-0.3, -0.25) is 0 Å². The quantitative estimate of drug-likeness (QED) is 0.729. The number of thioether (sulfide) groups is 1. The van der Waals surface area contributed by atoms with Crippen molar-refractivity contribution in [1.82, 2.24) is 0 Å². The minimum atomic E-state index is -4.80. The third kappa shape index (κ3) is 4.66. The number of hydrogen-bond donors (Lipinski definition) is 0. The Bertz CT molecular complexity index is 927. The minimum absolute atomic E-state index is 0.0355. The molecule has 1 aromatic heterocycles. The summed E-state index contributed by atoms with van der Waals surface area (Å²) in [5.74, 6) is -1.40. The van der Waals surface area contributed by atoms with Gasteiger partial charge in [-0.25, -0.2) is 13.2 Å². The summed E-state index contributed by atoms with van der Waals surface area (Å²) < 4.78 is 66.3. The zero-order valence-corrected chi connectivity index (χ0v) is 15.2. The second kappa shape index (κ2) is 6.87. The highest BCUT2D eigenvalue weighted by molar-refractivity contribution is 8.00. The van der Waals surface area contributed by atoms with E-state index in [0.29, 0.717) is 5.56 Å². The highest BCUT2D eigenvalue weighted by atomic mass is 32.2. The van der Waals surface area contributed by atoms with Gasteiger partial charge in [-0.15, -0.1) is 11.8 Å². The smallest absolute Gasteiger partial charge is 0.417 e. The Morgan fingerprint density at radius 3 is 2.12 bits per heavy atom. The fourth-order valence-corrected chi connectivity index (χ4v) is 3.61. The summed E-state index contributed by atoms with van der Waals surface area (Å²) in [6.45, 7) is 3.58. The average molecular weight is 392 g/mol. The van der Waals surface area contributed by atoms with E-state index in [4.69, 9.17) is 0 Å². The van der Waals surface area contributed by atoms with Crippen molar-refractivity contribution < 1.29 is 26.0 Å². The van der Waals surface area contributed by atoms with E-state index in [1.807, 2.05) is 0 Å². The minimum Gasteiger partial charge on any atom is -0.417 e. The monoisotopic (exact) mass is 392 g/mol. The number of halogens is 3. The van der Waals surface area contributed by atoms with Crippen LogP contribution in [0.1, 0.15) is 19.6 Å². The molecule has 0 saturated carbocycles. The molecule has 25 heavy (non-hydrogen) atoms. The van der Waals surface area contributed by atoms with Crippen LogP contribution in [0.2, 0.25) is 0 Å². The molecule has 0 amide bonds. The van der Waals surface area contributed by atoms with Gasteiger partial charge in [0.15, 0.2) is 9.84 Å². The van der Waals surface area contributed by atoms with E-state index in [1.54, 1.807) is 13.8 Å². The third-order valence-corrected chi connectivity index (χ3v) is 5.36. The van der Waals surface area contributed by atoms with Gasteiger partial charge in [0.25, 0.3) is 0 Å². The SMILES string of the molecule is CC(C)Sc1c(-c2ccc(S(C)(=O)=O)cc2)cc(C(F)(F)F)oc1=O. The average Bonchev–Trinajstić information content (AvgIpc) is 2.47. The van der Waals surface area contributed by atoms with Crippen LogP contribution >= 0.6 is 11.8 Å². The predicted molar refractivity (Wildman–Crippen MR) is 89.5 cm³/mol. The fourth-order valence-electron chi connectivity index (χ4n) is 2.07. The van der Waals surface area contributed by atoms with Gasteiger partial charge < -0.3 is 4.42 Å². The maximum atomic E-state index is 13.0. The summed E-state index contributed by atoms with van der Waals surface area (Å²) in [6, 6.07) is 6.08. The van der Waals surface area contributed by atoms with Gasteiger partial charge in [0.1, 0.15) is 4.90 Å². The van der Waals surface area contributed by atoms with Gasteiger partial charge in [-0.05, 0) is 23.8 Å². The second-order valence-corrected chi connectivity index (χ2v) is 9.20. The van der Waals surface area contributed by atoms with Crippen LogP contribution in [0, 0.1) is 0 Å². The van der Waals surface area contributed by atoms with Crippen LogP contribution in [-0.4, -0.2) is 19.9 Å². The molecule has 2 rings (SSSR count). The van der Waals surface area contributed by atoms with Crippen LogP contribution in [0.3, 0.4) is 0 Å². The molecule has 136 valence electrons. The number of hydrogen-bond acceptors (Lipinski definition) is 5. The Hall–Kier alpha value is -1.74. The topological polar surface area (TPSA) is 64.3 Å². The molecule has 1 aromatic carbocycles. The Labute approximate surface area is 147 Å². The molecule has 0 fully saturated rings. The van der Waals surface area contributed by atoms with Gasteiger partial charge >= 0.3 is 11.8 Å². The Morgan fingerprint density at radius 2 is 1.68 bits per heavy atom. The maximum absolute atomic E-state index is 13.0. The summed E-state index contributed by atoms with van der Waals surface area (Å²) >= 11 is 1.08. The van der Waals surface area contributed by atoms with Crippen LogP contribution in [-0.2, 0) is 16.0 Å². The molecule has 0 N–H and O–H groups in total. The standard InChI is InChI=1S/C16H15F3O4S2/c1-9(2)24-14-12(8-13(16(17,18)19)23-15(14)20)10-4-6-11(7-5-10)25(3,21)22/h4-9H,1-3H3. The first kappa shape index (κ1) is 19.6. The fraction of sp³-hybridized carbons (Fsp3) is 0.312. The third-order valence-electron chi connectivity index (χ3n) is 3.13. The lowest BCUT2D eigenvalue weighted by atomic mass is 10.1.